The van der Waals surface area contributed by atoms with Gasteiger partial charge in [-0.25, -0.2) is 0 Å². The Hall–Kier alpha value is 0.611. The third kappa shape index (κ3) is 11.1. The predicted octanol–water partition coefficient (Wildman–Crippen LogP) is 3.88. The summed E-state index contributed by atoms with van der Waals surface area (Å²) in [5.41, 5.74) is 0. The van der Waals surface area contributed by atoms with E-state index in [4.69, 9.17) is 0 Å². The largest absolute Gasteiger partial charge is 0.395 e. The third-order valence-electron chi connectivity index (χ3n) is 2.91. The van der Waals surface area contributed by atoms with E-state index in [-0.39, 0.29) is 0 Å². The minimum Gasteiger partial charge on any atom is -0.395 e. The van der Waals surface area contributed by atoms with Crippen molar-refractivity contribution < 1.29 is 5.11 Å². The Balaban J connectivity index is 3.88. The van der Waals surface area contributed by atoms with Crippen LogP contribution in [0.25, 0.3) is 0 Å². The third-order valence-corrected chi connectivity index (χ3v) is 10.2. The van der Waals surface area contributed by atoms with Crippen LogP contribution in [0.1, 0.15) is 13.8 Å². The maximum Gasteiger partial charge on any atom is 0.0808 e. The summed E-state index contributed by atoms with van der Waals surface area (Å²) >= 11 is 0. The molecule has 0 fully saturated rings. The van der Waals surface area contributed by atoms with Crippen molar-refractivity contribution in [2.75, 3.05) is 0 Å². The van der Waals surface area contributed by atoms with E-state index < -0.39 is 21.4 Å². The molecule has 0 amide bonds. The van der Waals surface area contributed by atoms with Gasteiger partial charge in [0.15, 0.2) is 0 Å². The SMILES string of the molecule is CC(C)(O)[Si]CC[Si](C)(C)CC[Si](C)(C)C. The van der Waals surface area contributed by atoms with Gasteiger partial charge in [-0.15, -0.1) is 0 Å². The van der Waals surface area contributed by atoms with Crippen molar-refractivity contribution in [1.82, 2.24) is 0 Å². The van der Waals surface area contributed by atoms with Crippen LogP contribution in [0.5, 0.6) is 0 Å². The summed E-state index contributed by atoms with van der Waals surface area (Å²) in [5, 5.41) is 9.27. The van der Waals surface area contributed by atoms with Crippen LogP contribution >= 0.6 is 0 Å². The van der Waals surface area contributed by atoms with Crippen LogP contribution in [0.2, 0.25) is 56.9 Å². The molecule has 0 unspecified atom stereocenters. The molecule has 1 N–H and O–H groups in total. The molecular weight excluding hydrogens is 244 g/mol. The smallest absolute Gasteiger partial charge is 0.0808 e. The predicted molar refractivity (Wildman–Crippen MR) is 82.1 cm³/mol. The first-order valence-electron chi connectivity index (χ1n) is 6.39. The standard InChI is InChI=1S/C12H30OSi3/c1-12(2,13)14-8-9-16(6,7)11-10-15(3,4)5/h13H,8-11H2,1-7H3. The Kier molecular flexibility index (Phi) is 6.21. The van der Waals surface area contributed by atoms with E-state index in [1.165, 1.54) is 24.2 Å². The first kappa shape index (κ1) is 16.6. The number of aliphatic hydroxyl groups is 1. The second-order valence-corrected chi connectivity index (χ2v) is 20.5. The maximum atomic E-state index is 9.71. The van der Waals surface area contributed by atoms with Crippen molar-refractivity contribution in [1.29, 1.82) is 0 Å². The van der Waals surface area contributed by atoms with Crippen LogP contribution in [0.4, 0.5) is 0 Å². The van der Waals surface area contributed by atoms with E-state index in [0.29, 0.717) is 9.52 Å². The number of hydrogen-bond acceptors (Lipinski definition) is 1. The summed E-state index contributed by atoms with van der Waals surface area (Å²) in [6, 6.07) is 5.59. The monoisotopic (exact) mass is 274 g/mol. The molecule has 0 aromatic carbocycles. The summed E-state index contributed by atoms with van der Waals surface area (Å²) in [6.07, 6.45) is 0. The molecule has 0 aliphatic heterocycles. The van der Waals surface area contributed by atoms with Crippen LogP contribution in [-0.2, 0) is 0 Å². The molecule has 0 rings (SSSR count). The Bertz CT molecular complexity index is 201. The zero-order valence-corrected chi connectivity index (χ0v) is 15.3. The minimum absolute atomic E-state index is 0.441. The lowest BCUT2D eigenvalue weighted by molar-refractivity contribution is 0.165. The molecule has 0 aliphatic rings. The van der Waals surface area contributed by atoms with E-state index in [1.807, 2.05) is 13.8 Å². The van der Waals surface area contributed by atoms with E-state index >= 15 is 0 Å². The van der Waals surface area contributed by atoms with Crippen molar-refractivity contribution >= 4 is 25.7 Å². The summed E-state index contributed by atoms with van der Waals surface area (Å²) in [5.74, 6) is 0. The molecule has 0 spiro atoms. The Morgan fingerprint density at radius 2 is 1.44 bits per heavy atom. The van der Waals surface area contributed by atoms with Gasteiger partial charge in [0.05, 0.1) is 9.52 Å². The molecule has 0 heterocycles. The molecule has 0 aromatic rings. The van der Waals surface area contributed by atoms with Gasteiger partial charge in [0.1, 0.15) is 0 Å². The lowest BCUT2D eigenvalue weighted by Crippen LogP contribution is -2.33. The lowest BCUT2D eigenvalue weighted by atomic mass is 10.5. The van der Waals surface area contributed by atoms with Crippen LogP contribution in [0, 0.1) is 0 Å². The van der Waals surface area contributed by atoms with Gasteiger partial charge in [-0.3, -0.25) is 0 Å². The first-order valence-corrected chi connectivity index (χ1v) is 14.7. The molecular formula is C12H30OSi3. The van der Waals surface area contributed by atoms with Crippen molar-refractivity contribution in [3.63, 3.8) is 0 Å². The highest BCUT2D eigenvalue weighted by Crippen LogP contribution is 2.25. The average molecular weight is 275 g/mol. The Morgan fingerprint density at radius 1 is 0.938 bits per heavy atom. The number of rotatable bonds is 7. The molecule has 96 valence electrons. The van der Waals surface area contributed by atoms with Crippen molar-refractivity contribution in [2.45, 2.75) is 76.0 Å². The molecule has 0 saturated heterocycles. The highest BCUT2D eigenvalue weighted by Gasteiger charge is 2.25. The Morgan fingerprint density at radius 3 is 1.81 bits per heavy atom. The van der Waals surface area contributed by atoms with Gasteiger partial charge >= 0.3 is 0 Å². The molecule has 1 nitrogen and oxygen atoms in total. The second-order valence-electron chi connectivity index (χ2n) is 7.46. The van der Waals surface area contributed by atoms with Crippen LogP contribution in [0.3, 0.4) is 0 Å². The zero-order chi connectivity index (χ0) is 13.0. The summed E-state index contributed by atoms with van der Waals surface area (Å²) in [4.78, 5) is 0. The van der Waals surface area contributed by atoms with Crippen molar-refractivity contribution in [3.05, 3.63) is 0 Å². The summed E-state index contributed by atoms with van der Waals surface area (Å²) in [6.45, 7) is 16.3. The molecule has 0 atom stereocenters. The molecule has 4 heteroatoms. The molecule has 2 radical (unpaired) electrons. The van der Waals surface area contributed by atoms with E-state index in [9.17, 15) is 5.11 Å². The van der Waals surface area contributed by atoms with Crippen LogP contribution < -0.4 is 0 Å². The van der Waals surface area contributed by atoms with Gasteiger partial charge in [-0.05, 0) is 13.8 Å². The van der Waals surface area contributed by atoms with Crippen LogP contribution in [-0.4, -0.2) is 36.0 Å². The molecule has 0 saturated carbocycles. The highest BCUT2D eigenvalue weighted by atomic mass is 28.3. The average Bonchev–Trinajstić information content (AvgIpc) is 1.97. The fourth-order valence-corrected chi connectivity index (χ4v) is 11.3. The maximum absolute atomic E-state index is 9.71. The van der Waals surface area contributed by atoms with Crippen molar-refractivity contribution in [2.24, 2.45) is 0 Å². The normalized spacial score (nSPS) is 14.2. The van der Waals surface area contributed by atoms with Gasteiger partial charge in [-0.2, -0.15) is 0 Å². The van der Waals surface area contributed by atoms with Gasteiger partial charge in [0.25, 0.3) is 0 Å². The first-order chi connectivity index (χ1) is 6.91. The quantitative estimate of drug-likeness (QED) is 0.699. The minimum atomic E-state index is -0.982. The van der Waals surface area contributed by atoms with Gasteiger partial charge in [-0.1, -0.05) is 56.9 Å². The van der Waals surface area contributed by atoms with Gasteiger partial charge in [0.2, 0.25) is 0 Å². The topological polar surface area (TPSA) is 20.2 Å². The van der Waals surface area contributed by atoms with E-state index in [0.717, 1.165) is 0 Å². The molecule has 0 aromatic heterocycles. The van der Waals surface area contributed by atoms with E-state index in [2.05, 4.69) is 32.7 Å². The summed E-state index contributed by atoms with van der Waals surface area (Å²) in [7, 11) is -1.13. The molecule has 0 bridgehead atoms. The highest BCUT2D eigenvalue weighted by molar-refractivity contribution is 6.82. The van der Waals surface area contributed by atoms with Crippen molar-refractivity contribution in [3.8, 4) is 0 Å². The fraction of sp³-hybridized carbons (Fsp3) is 1.00. The van der Waals surface area contributed by atoms with E-state index in [1.54, 1.807) is 0 Å². The number of hydrogen-bond donors (Lipinski definition) is 1. The summed E-state index contributed by atoms with van der Waals surface area (Å²) < 4.78 is 0. The molecule has 0 aliphatic carbocycles. The van der Waals surface area contributed by atoms with Gasteiger partial charge < -0.3 is 5.11 Å². The lowest BCUT2D eigenvalue weighted by Gasteiger charge is -2.27. The van der Waals surface area contributed by atoms with Gasteiger partial charge in [0, 0.05) is 21.4 Å². The fourth-order valence-electron chi connectivity index (χ4n) is 1.55. The zero-order valence-electron chi connectivity index (χ0n) is 12.3. The Labute approximate surface area is 107 Å². The second kappa shape index (κ2) is 5.98. The molecule has 16 heavy (non-hydrogen) atoms. The van der Waals surface area contributed by atoms with Crippen LogP contribution in [0.15, 0.2) is 0 Å².